The molecule has 0 saturated carbocycles. The van der Waals surface area contributed by atoms with Crippen LogP contribution >= 0.6 is 0 Å². The highest BCUT2D eigenvalue weighted by molar-refractivity contribution is 5.92. The molecule has 1 aliphatic rings. The number of para-hydroxylation sites is 2. The number of ether oxygens (including phenoxy) is 1. The van der Waals surface area contributed by atoms with E-state index in [9.17, 15) is 14.4 Å². The van der Waals surface area contributed by atoms with Crippen molar-refractivity contribution >= 4 is 39.7 Å². The molecule has 0 saturated heterocycles. The summed E-state index contributed by atoms with van der Waals surface area (Å²) in [5, 5.41) is 8.00. The summed E-state index contributed by atoms with van der Waals surface area (Å²) in [4.78, 5) is 45.6. The Kier molecular flexibility index (Phi) is 7.05. The number of hydrogen-bond donors (Lipinski definition) is 6. The number of H-pyrrole nitrogens is 2. The smallest absolute Gasteiger partial charge is 0.408 e. The van der Waals surface area contributed by atoms with Gasteiger partial charge in [0.05, 0.1) is 6.04 Å². The van der Waals surface area contributed by atoms with Gasteiger partial charge in [0.2, 0.25) is 0 Å². The number of hydrazine groups is 1. The number of alkyl carbamates (subject to hydrolysis) is 1. The molecule has 0 spiro atoms. The van der Waals surface area contributed by atoms with Crippen molar-refractivity contribution in [1.29, 1.82) is 0 Å². The molecular formula is C29H34N6O4. The van der Waals surface area contributed by atoms with Gasteiger partial charge in [0.1, 0.15) is 11.6 Å². The number of hydrogen-bond acceptors (Lipinski definition) is 5. The number of benzene rings is 2. The van der Waals surface area contributed by atoms with E-state index in [1.54, 1.807) is 20.8 Å². The normalized spacial score (nSPS) is 17.8. The molecule has 0 unspecified atom stereocenters. The summed E-state index contributed by atoms with van der Waals surface area (Å²) in [6, 6.07) is 14.1. The Balaban J connectivity index is 1.28. The second-order valence-electron chi connectivity index (χ2n) is 10.9. The third-order valence-corrected chi connectivity index (χ3v) is 6.87. The van der Waals surface area contributed by atoms with E-state index in [0.717, 1.165) is 38.6 Å². The summed E-state index contributed by atoms with van der Waals surface area (Å²) < 4.78 is 5.38. The minimum atomic E-state index is -0.988. The average Bonchev–Trinajstić information content (AvgIpc) is 3.47. The van der Waals surface area contributed by atoms with Crippen molar-refractivity contribution in [3.8, 4) is 0 Å². The Labute approximate surface area is 226 Å². The van der Waals surface area contributed by atoms with Gasteiger partial charge in [-0.15, -0.1) is 0 Å². The number of amides is 3. The Morgan fingerprint density at radius 3 is 2.44 bits per heavy atom. The molecular weight excluding hydrogens is 496 g/mol. The van der Waals surface area contributed by atoms with Gasteiger partial charge in [0, 0.05) is 46.2 Å². The molecule has 3 atom stereocenters. The SMILES string of the molecule is C[C@@H]1N[C@H](C(=O)NNC(=O)[C@H](Cc2c[nH]c3ccccc23)NC(=O)OC(C)(C)C)Cc2c1[nH]c1ccccc21. The number of nitrogens with one attached hydrogen (secondary N) is 6. The van der Waals surface area contributed by atoms with Crippen molar-refractivity contribution in [1.82, 2.24) is 31.5 Å². The van der Waals surface area contributed by atoms with Crippen LogP contribution in [0, 0.1) is 0 Å². The van der Waals surface area contributed by atoms with Crippen LogP contribution in [-0.4, -0.2) is 45.6 Å². The van der Waals surface area contributed by atoms with Gasteiger partial charge in [-0.1, -0.05) is 36.4 Å². The van der Waals surface area contributed by atoms with E-state index >= 15 is 0 Å². The molecule has 0 fully saturated rings. The van der Waals surface area contributed by atoms with Gasteiger partial charge in [0.15, 0.2) is 0 Å². The van der Waals surface area contributed by atoms with Crippen LogP contribution in [0.2, 0.25) is 0 Å². The van der Waals surface area contributed by atoms with Gasteiger partial charge < -0.3 is 20.0 Å². The summed E-state index contributed by atoms with van der Waals surface area (Å²) in [5.41, 5.74) is 9.28. The summed E-state index contributed by atoms with van der Waals surface area (Å²) in [5.74, 6) is -0.926. The lowest BCUT2D eigenvalue weighted by Crippen LogP contribution is -2.57. The molecule has 1 aliphatic heterocycles. The molecule has 0 aliphatic carbocycles. The highest BCUT2D eigenvalue weighted by atomic mass is 16.6. The molecule has 2 aromatic carbocycles. The first kappa shape index (κ1) is 26.3. The first-order valence-corrected chi connectivity index (χ1v) is 13.1. The van der Waals surface area contributed by atoms with Crippen LogP contribution in [0.3, 0.4) is 0 Å². The first-order chi connectivity index (χ1) is 18.6. The molecule has 3 amide bonds. The van der Waals surface area contributed by atoms with Crippen molar-refractivity contribution in [2.24, 2.45) is 0 Å². The van der Waals surface area contributed by atoms with E-state index in [0.29, 0.717) is 6.42 Å². The first-order valence-electron chi connectivity index (χ1n) is 13.1. The monoisotopic (exact) mass is 530 g/mol. The molecule has 39 heavy (non-hydrogen) atoms. The van der Waals surface area contributed by atoms with E-state index < -0.39 is 29.7 Å². The van der Waals surface area contributed by atoms with E-state index in [4.69, 9.17) is 4.74 Å². The highest BCUT2D eigenvalue weighted by Crippen LogP contribution is 2.31. The topological polar surface area (TPSA) is 140 Å². The lowest BCUT2D eigenvalue weighted by Gasteiger charge is -2.29. The predicted octanol–water partition coefficient (Wildman–Crippen LogP) is 3.51. The van der Waals surface area contributed by atoms with Gasteiger partial charge in [-0.2, -0.15) is 0 Å². The van der Waals surface area contributed by atoms with Crippen LogP contribution < -0.4 is 21.5 Å². The van der Waals surface area contributed by atoms with Crippen molar-refractivity contribution in [3.63, 3.8) is 0 Å². The maximum atomic E-state index is 13.3. The summed E-state index contributed by atoms with van der Waals surface area (Å²) in [7, 11) is 0. The molecule has 3 heterocycles. The molecule has 4 aromatic rings. The lowest BCUT2D eigenvalue weighted by molar-refractivity contribution is -0.131. The number of aromatic nitrogens is 2. The van der Waals surface area contributed by atoms with Crippen LogP contribution in [0.25, 0.3) is 21.8 Å². The molecule has 0 bridgehead atoms. The number of carbonyl (C=O) groups is 3. The van der Waals surface area contributed by atoms with E-state index in [2.05, 4.69) is 31.5 Å². The van der Waals surface area contributed by atoms with Crippen molar-refractivity contribution < 1.29 is 19.1 Å². The Morgan fingerprint density at radius 1 is 1.00 bits per heavy atom. The average molecular weight is 531 g/mol. The molecule has 2 aromatic heterocycles. The quantitative estimate of drug-likeness (QED) is 0.219. The Hall–Kier alpha value is -4.31. The number of fused-ring (bicyclic) bond motifs is 4. The number of aromatic amines is 2. The maximum absolute atomic E-state index is 13.3. The zero-order chi connectivity index (χ0) is 27.7. The summed E-state index contributed by atoms with van der Waals surface area (Å²) in [6.07, 6.45) is 1.76. The van der Waals surface area contributed by atoms with Crippen molar-refractivity contribution in [2.45, 2.75) is 64.3 Å². The Morgan fingerprint density at radius 2 is 1.69 bits per heavy atom. The van der Waals surface area contributed by atoms with Crippen molar-refractivity contribution in [2.75, 3.05) is 0 Å². The molecule has 5 rings (SSSR count). The van der Waals surface area contributed by atoms with Gasteiger partial charge in [-0.05, 0) is 57.4 Å². The van der Waals surface area contributed by atoms with Crippen LogP contribution in [0.5, 0.6) is 0 Å². The Bertz CT molecular complexity index is 1530. The molecule has 204 valence electrons. The third kappa shape index (κ3) is 5.75. The summed E-state index contributed by atoms with van der Waals surface area (Å²) in [6.45, 7) is 7.24. The fraction of sp³-hybridized carbons (Fsp3) is 0.345. The molecule has 10 heteroatoms. The zero-order valence-corrected chi connectivity index (χ0v) is 22.5. The van der Waals surface area contributed by atoms with Crippen LogP contribution in [0.15, 0.2) is 54.7 Å². The highest BCUT2D eigenvalue weighted by Gasteiger charge is 2.32. The number of carbonyl (C=O) groups excluding carboxylic acids is 3. The largest absolute Gasteiger partial charge is 0.444 e. The third-order valence-electron chi connectivity index (χ3n) is 6.87. The summed E-state index contributed by atoms with van der Waals surface area (Å²) >= 11 is 0. The van der Waals surface area contributed by atoms with Gasteiger partial charge >= 0.3 is 6.09 Å². The predicted molar refractivity (Wildman–Crippen MR) is 149 cm³/mol. The van der Waals surface area contributed by atoms with E-state index in [1.807, 2.05) is 61.7 Å². The molecule has 6 N–H and O–H groups in total. The molecule has 10 nitrogen and oxygen atoms in total. The minimum absolute atomic E-state index is 0.0731. The second kappa shape index (κ2) is 10.5. The van der Waals surface area contributed by atoms with E-state index in [1.165, 1.54) is 0 Å². The van der Waals surface area contributed by atoms with Crippen molar-refractivity contribution in [3.05, 3.63) is 71.5 Å². The van der Waals surface area contributed by atoms with Gasteiger partial charge in [0.25, 0.3) is 11.8 Å². The van der Waals surface area contributed by atoms with Crippen LogP contribution in [-0.2, 0) is 27.2 Å². The molecule has 0 radical (unpaired) electrons. The van der Waals surface area contributed by atoms with E-state index in [-0.39, 0.29) is 18.4 Å². The van der Waals surface area contributed by atoms with Gasteiger partial charge in [-0.25, -0.2) is 4.79 Å². The minimum Gasteiger partial charge on any atom is -0.444 e. The zero-order valence-electron chi connectivity index (χ0n) is 22.5. The fourth-order valence-corrected chi connectivity index (χ4v) is 5.10. The fourth-order valence-electron chi connectivity index (χ4n) is 5.10. The lowest BCUT2D eigenvalue weighted by atomic mass is 9.94. The standard InChI is InChI=1S/C29H34N6O4/c1-16-25-20(19-10-6-8-12-22(19)32-25)14-24(31-16)27(37)35-34-26(36)23(33-28(38)39-29(2,3)4)13-17-15-30-21-11-7-5-9-18(17)21/h5-12,15-16,23-24,30-32H,13-14H2,1-4H3,(H,33,38)(H,34,36)(H,35,37)/t16-,23-,24-/m0/s1. The number of rotatable bonds is 5. The van der Waals surface area contributed by atoms with Crippen LogP contribution in [0.4, 0.5) is 4.79 Å². The van der Waals surface area contributed by atoms with Crippen LogP contribution in [0.1, 0.15) is 50.6 Å². The second-order valence-corrected chi connectivity index (χ2v) is 10.9. The van der Waals surface area contributed by atoms with Gasteiger partial charge in [-0.3, -0.25) is 25.8 Å². The maximum Gasteiger partial charge on any atom is 0.408 e.